The van der Waals surface area contributed by atoms with E-state index < -0.39 is 0 Å². The highest BCUT2D eigenvalue weighted by molar-refractivity contribution is 5.80. The SMILES string of the molecule is COc1ccc(NCC(=O)NNC2=CC[C@@H](C)CC2)cc1. The number of methoxy groups -OCH3 is 1. The van der Waals surface area contributed by atoms with Gasteiger partial charge in [0.2, 0.25) is 0 Å². The van der Waals surface area contributed by atoms with Gasteiger partial charge < -0.3 is 15.5 Å². The highest BCUT2D eigenvalue weighted by Crippen LogP contribution is 2.20. The molecule has 0 spiro atoms. The smallest absolute Gasteiger partial charge is 0.257 e. The van der Waals surface area contributed by atoms with Crippen LogP contribution < -0.4 is 20.9 Å². The lowest BCUT2D eigenvalue weighted by molar-refractivity contribution is -0.120. The highest BCUT2D eigenvalue weighted by atomic mass is 16.5. The quantitative estimate of drug-likeness (QED) is 0.704. The lowest BCUT2D eigenvalue weighted by Crippen LogP contribution is -2.40. The number of anilines is 1. The Bertz CT molecular complexity index is 497. The van der Waals surface area contributed by atoms with Crippen molar-refractivity contribution in [1.82, 2.24) is 10.9 Å². The first-order chi connectivity index (χ1) is 10.2. The van der Waals surface area contributed by atoms with Crippen molar-refractivity contribution in [3.63, 3.8) is 0 Å². The van der Waals surface area contributed by atoms with E-state index in [1.165, 1.54) is 6.42 Å². The van der Waals surface area contributed by atoms with Crippen LogP contribution in [0.2, 0.25) is 0 Å². The van der Waals surface area contributed by atoms with Crippen LogP contribution in [0.5, 0.6) is 5.75 Å². The molecule has 1 aliphatic rings. The van der Waals surface area contributed by atoms with Gasteiger partial charge in [-0.25, -0.2) is 0 Å². The average molecular weight is 289 g/mol. The van der Waals surface area contributed by atoms with Crippen molar-refractivity contribution in [3.8, 4) is 5.75 Å². The van der Waals surface area contributed by atoms with Gasteiger partial charge in [-0.1, -0.05) is 13.0 Å². The molecule has 114 valence electrons. The Morgan fingerprint density at radius 2 is 2.10 bits per heavy atom. The van der Waals surface area contributed by atoms with Crippen LogP contribution in [0, 0.1) is 5.92 Å². The van der Waals surface area contributed by atoms with Gasteiger partial charge in [-0.2, -0.15) is 0 Å². The molecular formula is C16H23N3O2. The summed E-state index contributed by atoms with van der Waals surface area (Å²) in [5.74, 6) is 1.44. The van der Waals surface area contributed by atoms with Crippen molar-refractivity contribution in [2.24, 2.45) is 5.92 Å². The molecule has 1 amide bonds. The average Bonchev–Trinajstić information content (AvgIpc) is 2.53. The molecule has 0 unspecified atom stereocenters. The molecule has 0 fully saturated rings. The van der Waals surface area contributed by atoms with Crippen LogP contribution in [0.25, 0.3) is 0 Å². The van der Waals surface area contributed by atoms with E-state index in [0.717, 1.165) is 35.9 Å². The Morgan fingerprint density at radius 3 is 2.71 bits per heavy atom. The Hall–Kier alpha value is -2.17. The minimum atomic E-state index is -0.0923. The first-order valence-electron chi connectivity index (χ1n) is 7.29. The van der Waals surface area contributed by atoms with Crippen molar-refractivity contribution in [3.05, 3.63) is 36.0 Å². The molecule has 1 aromatic rings. The summed E-state index contributed by atoms with van der Waals surface area (Å²) in [5, 5.41) is 3.06. The number of hydrogen-bond donors (Lipinski definition) is 3. The molecule has 1 atom stereocenters. The Kier molecular flexibility index (Phi) is 5.49. The van der Waals surface area contributed by atoms with E-state index in [0.29, 0.717) is 0 Å². The summed E-state index contributed by atoms with van der Waals surface area (Å²) in [6.45, 7) is 2.47. The summed E-state index contributed by atoms with van der Waals surface area (Å²) in [4.78, 5) is 11.8. The molecule has 5 nitrogen and oxygen atoms in total. The first-order valence-corrected chi connectivity index (χ1v) is 7.29. The van der Waals surface area contributed by atoms with Gasteiger partial charge in [-0.3, -0.25) is 10.2 Å². The second-order valence-electron chi connectivity index (χ2n) is 5.36. The van der Waals surface area contributed by atoms with Crippen LogP contribution in [0.3, 0.4) is 0 Å². The van der Waals surface area contributed by atoms with Crippen molar-refractivity contribution in [2.45, 2.75) is 26.2 Å². The molecule has 0 saturated heterocycles. The van der Waals surface area contributed by atoms with E-state index in [9.17, 15) is 4.79 Å². The number of hydrazine groups is 1. The molecule has 2 rings (SSSR count). The van der Waals surface area contributed by atoms with Gasteiger partial charge >= 0.3 is 0 Å². The molecule has 0 aromatic heterocycles. The molecule has 0 saturated carbocycles. The van der Waals surface area contributed by atoms with Gasteiger partial charge in [-0.05, 0) is 49.4 Å². The fourth-order valence-corrected chi connectivity index (χ4v) is 2.16. The van der Waals surface area contributed by atoms with Gasteiger partial charge in [0.05, 0.1) is 13.7 Å². The lowest BCUT2D eigenvalue weighted by atomic mass is 9.95. The number of carbonyl (C=O) groups excluding carboxylic acids is 1. The molecule has 0 aliphatic heterocycles. The highest BCUT2D eigenvalue weighted by Gasteiger charge is 2.10. The maximum Gasteiger partial charge on any atom is 0.257 e. The van der Waals surface area contributed by atoms with Gasteiger partial charge in [0, 0.05) is 11.4 Å². The summed E-state index contributed by atoms with van der Waals surface area (Å²) in [6, 6.07) is 7.47. The molecule has 0 radical (unpaired) electrons. The third kappa shape index (κ3) is 5.02. The van der Waals surface area contributed by atoms with Crippen molar-refractivity contribution < 1.29 is 9.53 Å². The van der Waals surface area contributed by atoms with Gasteiger partial charge in [0.25, 0.3) is 5.91 Å². The van der Waals surface area contributed by atoms with Gasteiger partial charge in [-0.15, -0.1) is 0 Å². The second-order valence-corrected chi connectivity index (χ2v) is 5.36. The fraction of sp³-hybridized carbons (Fsp3) is 0.438. The minimum Gasteiger partial charge on any atom is -0.497 e. The number of ether oxygens (including phenoxy) is 1. The van der Waals surface area contributed by atoms with Crippen LogP contribution in [-0.4, -0.2) is 19.6 Å². The monoisotopic (exact) mass is 289 g/mol. The number of benzene rings is 1. The van der Waals surface area contributed by atoms with Crippen molar-refractivity contribution in [1.29, 1.82) is 0 Å². The van der Waals surface area contributed by atoms with Crippen molar-refractivity contribution >= 4 is 11.6 Å². The summed E-state index contributed by atoms with van der Waals surface area (Å²) in [6.07, 6.45) is 5.39. The van der Waals surface area contributed by atoms with Crippen molar-refractivity contribution in [2.75, 3.05) is 19.0 Å². The van der Waals surface area contributed by atoms with Gasteiger partial charge in [0.15, 0.2) is 0 Å². The molecule has 21 heavy (non-hydrogen) atoms. The van der Waals surface area contributed by atoms with Crippen LogP contribution in [0.4, 0.5) is 5.69 Å². The van der Waals surface area contributed by atoms with Crippen LogP contribution >= 0.6 is 0 Å². The molecule has 1 aliphatic carbocycles. The molecule has 0 bridgehead atoms. The minimum absolute atomic E-state index is 0.0923. The maximum atomic E-state index is 11.8. The first kappa shape index (κ1) is 15.2. The fourth-order valence-electron chi connectivity index (χ4n) is 2.16. The van der Waals surface area contributed by atoms with E-state index in [1.54, 1.807) is 7.11 Å². The van der Waals surface area contributed by atoms with Gasteiger partial charge in [0.1, 0.15) is 5.75 Å². The predicted molar refractivity (Wildman–Crippen MR) is 83.9 cm³/mol. The standard InChI is InChI=1S/C16H23N3O2/c1-12-3-5-14(6-4-12)18-19-16(20)11-17-13-7-9-15(21-2)10-8-13/h5,7-10,12,17-18H,3-4,6,11H2,1-2H3,(H,19,20)/t12-/m1/s1. The zero-order valence-electron chi connectivity index (χ0n) is 12.6. The number of amides is 1. The Morgan fingerprint density at radius 1 is 1.33 bits per heavy atom. The Balaban J connectivity index is 1.69. The second kappa shape index (κ2) is 7.57. The molecule has 5 heteroatoms. The number of allylic oxidation sites excluding steroid dienone is 2. The number of carbonyl (C=O) groups is 1. The number of rotatable bonds is 6. The van der Waals surface area contributed by atoms with Crippen LogP contribution in [0.15, 0.2) is 36.0 Å². The lowest BCUT2D eigenvalue weighted by Gasteiger charge is -2.19. The van der Waals surface area contributed by atoms with E-state index in [4.69, 9.17) is 4.74 Å². The third-order valence-electron chi connectivity index (χ3n) is 3.58. The third-order valence-corrected chi connectivity index (χ3v) is 3.58. The maximum absolute atomic E-state index is 11.8. The zero-order valence-corrected chi connectivity index (χ0v) is 12.6. The summed E-state index contributed by atoms with van der Waals surface area (Å²) in [5.41, 5.74) is 7.70. The predicted octanol–water partition coefficient (Wildman–Crippen LogP) is 2.43. The Labute approximate surface area is 125 Å². The normalized spacial score (nSPS) is 17.6. The van der Waals surface area contributed by atoms with Crippen LogP contribution in [0.1, 0.15) is 26.2 Å². The number of hydrogen-bond acceptors (Lipinski definition) is 4. The van der Waals surface area contributed by atoms with E-state index >= 15 is 0 Å². The summed E-state index contributed by atoms with van der Waals surface area (Å²) < 4.78 is 5.08. The van der Waals surface area contributed by atoms with E-state index in [2.05, 4.69) is 29.2 Å². The molecule has 0 heterocycles. The van der Waals surface area contributed by atoms with Crippen LogP contribution in [-0.2, 0) is 4.79 Å². The van der Waals surface area contributed by atoms with E-state index in [1.807, 2.05) is 24.3 Å². The molecule has 3 N–H and O–H groups in total. The molecule has 1 aromatic carbocycles. The summed E-state index contributed by atoms with van der Waals surface area (Å²) in [7, 11) is 1.63. The van der Waals surface area contributed by atoms with E-state index in [-0.39, 0.29) is 12.5 Å². The number of nitrogens with one attached hydrogen (secondary N) is 3. The molecular weight excluding hydrogens is 266 g/mol. The topological polar surface area (TPSA) is 62.4 Å². The zero-order chi connectivity index (χ0) is 15.1. The summed E-state index contributed by atoms with van der Waals surface area (Å²) >= 11 is 0. The largest absolute Gasteiger partial charge is 0.497 e.